The molecule has 1 aliphatic rings. The van der Waals surface area contributed by atoms with Gasteiger partial charge in [0, 0.05) is 4.47 Å². The number of carbonyl (C=O) groups is 1. The zero-order valence-corrected chi connectivity index (χ0v) is 9.94. The van der Waals surface area contributed by atoms with Crippen LogP contribution in [0.15, 0.2) is 28.7 Å². The fourth-order valence-corrected chi connectivity index (χ4v) is 2.27. The van der Waals surface area contributed by atoms with Crippen molar-refractivity contribution in [1.29, 1.82) is 0 Å². The number of carbonyl (C=O) groups excluding carboxylic acids is 1. The van der Waals surface area contributed by atoms with E-state index in [-0.39, 0.29) is 17.1 Å². The first kappa shape index (κ1) is 10.2. The largest absolute Gasteiger partial charge is 0.297 e. The van der Waals surface area contributed by atoms with Crippen LogP contribution >= 0.6 is 27.5 Å². The number of benzene rings is 1. The second-order valence-corrected chi connectivity index (χ2v) is 4.83. The molecule has 2 rings (SSSR count). The topological polar surface area (TPSA) is 17.1 Å². The average Bonchev–Trinajstić information content (AvgIpc) is 2.99. The molecule has 0 atom stereocenters. The number of rotatable bonds is 3. The quantitative estimate of drug-likeness (QED) is 0.773. The van der Waals surface area contributed by atoms with Gasteiger partial charge in [-0.25, -0.2) is 0 Å². The van der Waals surface area contributed by atoms with Crippen LogP contribution in [0.3, 0.4) is 0 Å². The smallest absolute Gasteiger partial charge is 0.158 e. The first-order chi connectivity index (χ1) is 6.69. The monoisotopic (exact) mass is 272 g/mol. The van der Waals surface area contributed by atoms with Crippen LogP contribution in [-0.4, -0.2) is 11.7 Å². The molecule has 74 valence electrons. The van der Waals surface area contributed by atoms with Gasteiger partial charge in [-0.05, 0) is 30.5 Å². The minimum absolute atomic E-state index is 0.121. The summed E-state index contributed by atoms with van der Waals surface area (Å²) in [6, 6.07) is 7.94. The summed E-state index contributed by atoms with van der Waals surface area (Å²) < 4.78 is 1.04. The van der Waals surface area contributed by atoms with Gasteiger partial charge in [-0.2, -0.15) is 0 Å². The van der Waals surface area contributed by atoms with Crippen molar-refractivity contribution in [2.45, 2.75) is 18.3 Å². The van der Waals surface area contributed by atoms with Gasteiger partial charge >= 0.3 is 0 Å². The standard InChI is InChI=1S/C11H10BrClO/c12-9-3-1-8(2-4-9)11(5-6-11)10(14)7-13/h1-4H,5-7H2. The summed E-state index contributed by atoms with van der Waals surface area (Å²) in [6.45, 7) is 0. The van der Waals surface area contributed by atoms with E-state index in [1.807, 2.05) is 24.3 Å². The third kappa shape index (κ3) is 1.61. The molecule has 1 fully saturated rings. The van der Waals surface area contributed by atoms with Gasteiger partial charge in [-0.1, -0.05) is 28.1 Å². The van der Waals surface area contributed by atoms with E-state index in [9.17, 15) is 4.79 Å². The van der Waals surface area contributed by atoms with Gasteiger partial charge < -0.3 is 0 Å². The summed E-state index contributed by atoms with van der Waals surface area (Å²) in [4.78, 5) is 11.6. The molecule has 0 N–H and O–H groups in total. The van der Waals surface area contributed by atoms with Crippen LogP contribution in [0.25, 0.3) is 0 Å². The fourth-order valence-electron chi connectivity index (χ4n) is 1.75. The van der Waals surface area contributed by atoms with Crippen molar-refractivity contribution < 1.29 is 4.79 Å². The molecule has 3 heteroatoms. The number of alkyl halides is 1. The van der Waals surface area contributed by atoms with Crippen molar-refractivity contribution in [3.8, 4) is 0 Å². The number of ketones is 1. The van der Waals surface area contributed by atoms with Gasteiger partial charge in [0.15, 0.2) is 5.78 Å². The second kappa shape index (κ2) is 3.67. The van der Waals surface area contributed by atoms with Gasteiger partial charge in [-0.15, -0.1) is 11.6 Å². The second-order valence-electron chi connectivity index (χ2n) is 3.65. The highest BCUT2D eigenvalue weighted by molar-refractivity contribution is 9.10. The minimum Gasteiger partial charge on any atom is -0.297 e. The zero-order valence-electron chi connectivity index (χ0n) is 7.59. The lowest BCUT2D eigenvalue weighted by atomic mass is 9.92. The van der Waals surface area contributed by atoms with Gasteiger partial charge in [0.1, 0.15) is 0 Å². The van der Waals surface area contributed by atoms with Crippen LogP contribution in [0.4, 0.5) is 0 Å². The van der Waals surface area contributed by atoms with E-state index < -0.39 is 0 Å². The molecule has 1 aliphatic carbocycles. The van der Waals surface area contributed by atoms with E-state index in [0.29, 0.717) is 0 Å². The Hall–Kier alpha value is -0.340. The molecular formula is C11H10BrClO. The van der Waals surface area contributed by atoms with Crippen LogP contribution in [0.2, 0.25) is 0 Å². The van der Waals surface area contributed by atoms with Crippen molar-refractivity contribution in [2.75, 3.05) is 5.88 Å². The molecule has 0 heterocycles. The van der Waals surface area contributed by atoms with Crippen LogP contribution < -0.4 is 0 Å². The van der Waals surface area contributed by atoms with E-state index in [1.54, 1.807) is 0 Å². The van der Waals surface area contributed by atoms with Gasteiger partial charge in [0.2, 0.25) is 0 Å². The summed E-state index contributed by atoms with van der Waals surface area (Å²) in [5.74, 6) is 0.275. The maximum absolute atomic E-state index is 11.6. The molecule has 0 aromatic heterocycles. The summed E-state index contributed by atoms with van der Waals surface area (Å²) in [7, 11) is 0. The molecule has 0 aliphatic heterocycles. The SMILES string of the molecule is O=C(CCl)C1(c2ccc(Br)cc2)CC1. The highest BCUT2D eigenvalue weighted by atomic mass is 79.9. The Bertz CT molecular complexity index is 354. The Morgan fingerprint density at radius 1 is 1.36 bits per heavy atom. The van der Waals surface area contributed by atoms with E-state index in [1.165, 1.54) is 0 Å². The third-order valence-electron chi connectivity index (χ3n) is 2.80. The predicted octanol–water partition coefficient (Wildman–Crippen LogP) is 3.29. The van der Waals surface area contributed by atoms with Crippen molar-refractivity contribution in [3.63, 3.8) is 0 Å². The van der Waals surface area contributed by atoms with Gasteiger partial charge in [0.05, 0.1) is 11.3 Å². The Labute approximate surface area is 96.6 Å². The average molecular weight is 274 g/mol. The number of halogens is 2. The predicted molar refractivity (Wildman–Crippen MR) is 60.8 cm³/mol. The third-order valence-corrected chi connectivity index (χ3v) is 3.57. The normalized spacial score (nSPS) is 17.9. The highest BCUT2D eigenvalue weighted by Crippen LogP contribution is 2.49. The maximum Gasteiger partial charge on any atom is 0.158 e. The molecule has 0 saturated heterocycles. The first-order valence-electron chi connectivity index (χ1n) is 4.54. The Balaban J connectivity index is 2.31. The lowest BCUT2D eigenvalue weighted by molar-refractivity contribution is -0.119. The molecule has 1 aromatic carbocycles. The summed E-state index contributed by atoms with van der Waals surface area (Å²) >= 11 is 8.97. The molecule has 0 amide bonds. The van der Waals surface area contributed by atoms with Crippen LogP contribution in [0.5, 0.6) is 0 Å². The Kier molecular flexibility index (Phi) is 2.67. The fraction of sp³-hybridized carbons (Fsp3) is 0.364. The number of hydrogen-bond donors (Lipinski definition) is 0. The van der Waals surface area contributed by atoms with Crippen LogP contribution in [0, 0.1) is 0 Å². The van der Waals surface area contributed by atoms with E-state index in [2.05, 4.69) is 15.9 Å². The van der Waals surface area contributed by atoms with Gasteiger partial charge in [0.25, 0.3) is 0 Å². The number of hydrogen-bond acceptors (Lipinski definition) is 1. The molecular weight excluding hydrogens is 263 g/mol. The zero-order chi connectivity index (χ0) is 10.2. The van der Waals surface area contributed by atoms with E-state index in [4.69, 9.17) is 11.6 Å². The molecule has 0 radical (unpaired) electrons. The number of Topliss-reactive ketones (excluding diaryl/α,β-unsaturated/α-hetero) is 1. The summed E-state index contributed by atoms with van der Waals surface area (Å²) in [5.41, 5.74) is 0.856. The minimum atomic E-state index is -0.248. The van der Waals surface area contributed by atoms with E-state index in [0.717, 1.165) is 22.9 Å². The maximum atomic E-state index is 11.6. The lowest BCUT2D eigenvalue weighted by Crippen LogP contribution is -2.21. The lowest BCUT2D eigenvalue weighted by Gasteiger charge is -2.12. The van der Waals surface area contributed by atoms with Crippen molar-refractivity contribution in [1.82, 2.24) is 0 Å². The molecule has 1 nitrogen and oxygen atoms in total. The van der Waals surface area contributed by atoms with Crippen LogP contribution in [-0.2, 0) is 10.2 Å². The molecule has 0 spiro atoms. The molecule has 0 unspecified atom stereocenters. The Morgan fingerprint density at radius 3 is 2.36 bits per heavy atom. The Morgan fingerprint density at radius 2 is 1.93 bits per heavy atom. The van der Waals surface area contributed by atoms with Crippen molar-refractivity contribution in [2.24, 2.45) is 0 Å². The molecule has 0 bridgehead atoms. The summed E-state index contributed by atoms with van der Waals surface area (Å²) in [6.07, 6.45) is 1.89. The molecule has 1 saturated carbocycles. The van der Waals surface area contributed by atoms with Crippen LogP contribution in [0.1, 0.15) is 18.4 Å². The van der Waals surface area contributed by atoms with Crippen molar-refractivity contribution >= 4 is 33.3 Å². The van der Waals surface area contributed by atoms with Gasteiger partial charge in [-0.3, -0.25) is 4.79 Å². The molecule has 14 heavy (non-hydrogen) atoms. The molecule has 1 aromatic rings. The summed E-state index contributed by atoms with van der Waals surface area (Å²) in [5, 5.41) is 0. The van der Waals surface area contributed by atoms with E-state index >= 15 is 0 Å². The van der Waals surface area contributed by atoms with Crippen molar-refractivity contribution in [3.05, 3.63) is 34.3 Å². The highest BCUT2D eigenvalue weighted by Gasteiger charge is 2.49. The first-order valence-corrected chi connectivity index (χ1v) is 5.87.